The highest BCUT2D eigenvalue weighted by atomic mass is 16.2. The summed E-state index contributed by atoms with van der Waals surface area (Å²) in [6, 6.07) is 5.92. The number of nitrogens with one attached hydrogen (secondary N) is 2. The minimum Gasteiger partial charge on any atom is -0.352 e. The monoisotopic (exact) mass is 340 g/mol. The number of carbonyl (C=O) groups is 2. The Hall–Kier alpha value is -2.90. The van der Waals surface area contributed by atoms with Crippen molar-refractivity contribution in [3.63, 3.8) is 0 Å². The summed E-state index contributed by atoms with van der Waals surface area (Å²) in [6.07, 6.45) is 2.06. The van der Waals surface area contributed by atoms with Crippen molar-refractivity contribution in [1.29, 1.82) is 0 Å². The minimum atomic E-state index is -0.203. The van der Waals surface area contributed by atoms with Gasteiger partial charge in [-0.25, -0.2) is 4.98 Å². The van der Waals surface area contributed by atoms with E-state index in [2.05, 4.69) is 20.7 Å². The van der Waals surface area contributed by atoms with Crippen LogP contribution in [-0.4, -0.2) is 44.1 Å². The number of amides is 2. The maximum atomic E-state index is 12.5. The van der Waals surface area contributed by atoms with Gasteiger partial charge in [0.25, 0.3) is 5.91 Å². The molecular formula is C17H20N6O2. The van der Waals surface area contributed by atoms with E-state index in [9.17, 15) is 9.59 Å². The number of hydrogen-bond donors (Lipinski definition) is 2. The van der Waals surface area contributed by atoms with Gasteiger partial charge in [-0.15, -0.1) is 0 Å². The Labute approximate surface area is 145 Å². The Morgan fingerprint density at radius 2 is 2.16 bits per heavy atom. The van der Waals surface area contributed by atoms with Gasteiger partial charge in [0, 0.05) is 31.3 Å². The van der Waals surface area contributed by atoms with Crippen LogP contribution in [0.2, 0.25) is 0 Å². The van der Waals surface area contributed by atoms with E-state index in [1.165, 1.54) is 4.90 Å². The Kier molecular flexibility index (Phi) is 3.67. The average molecular weight is 340 g/mol. The Morgan fingerprint density at radius 1 is 1.36 bits per heavy atom. The summed E-state index contributed by atoms with van der Waals surface area (Å²) in [5.41, 5.74) is 2.15. The van der Waals surface area contributed by atoms with Crippen LogP contribution in [0.1, 0.15) is 34.6 Å². The maximum Gasteiger partial charge on any atom is 0.273 e. The first-order valence-electron chi connectivity index (χ1n) is 8.36. The smallest absolute Gasteiger partial charge is 0.273 e. The molecule has 4 rings (SSSR count). The molecular weight excluding hydrogens is 320 g/mol. The number of hydrogen-bond acceptors (Lipinski definition) is 5. The lowest BCUT2D eigenvalue weighted by molar-refractivity contribution is -0.121. The van der Waals surface area contributed by atoms with Gasteiger partial charge in [0.05, 0.1) is 5.69 Å². The molecule has 0 unspecified atom stereocenters. The molecule has 2 aliphatic rings. The highest BCUT2D eigenvalue weighted by Gasteiger charge is 2.32. The lowest BCUT2D eigenvalue weighted by atomic mass is 10.2. The molecule has 1 aliphatic carbocycles. The van der Waals surface area contributed by atoms with Crippen molar-refractivity contribution in [1.82, 2.24) is 25.0 Å². The lowest BCUT2D eigenvalue weighted by Gasteiger charge is -2.14. The second-order valence-electron chi connectivity index (χ2n) is 6.63. The number of aryl methyl sites for hydroxylation is 2. The molecule has 1 aliphatic heterocycles. The quantitative estimate of drug-likeness (QED) is 0.850. The largest absolute Gasteiger partial charge is 0.352 e. The predicted molar refractivity (Wildman–Crippen MR) is 91.4 cm³/mol. The predicted octanol–water partition coefficient (Wildman–Crippen LogP) is 1.10. The summed E-state index contributed by atoms with van der Waals surface area (Å²) in [7, 11) is 1.84. The number of nitrogens with zero attached hydrogens (tertiary/aromatic N) is 4. The molecule has 25 heavy (non-hydrogen) atoms. The molecule has 2 amide bonds. The van der Waals surface area contributed by atoms with E-state index in [1.807, 2.05) is 32.2 Å². The molecule has 8 nitrogen and oxygen atoms in total. The molecule has 1 saturated carbocycles. The maximum absolute atomic E-state index is 12.5. The van der Waals surface area contributed by atoms with E-state index in [4.69, 9.17) is 0 Å². The standard InChI is InChI=1S/C17H20N6O2/c1-10-7-14(22(2)21-10)19-13-6-3-11-8-23(17(25)16(11)20-13)9-15(24)18-12-4-5-12/h3,6-7,12H,4-5,8-9H2,1-2H3,(H,18,24)(H,19,20). The zero-order chi connectivity index (χ0) is 17.6. The lowest BCUT2D eigenvalue weighted by Crippen LogP contribution is -2.38. The molecule has 3 heterocycles. The number of rotatable bonds is 5. The van der Waals surface area contributed by atoms with E-state index in [-0.39, 0.29) is 18.4 Å². The molecule has 0 spiro atoms. The summed E-state index contributed by atoms with van der Waals surface area (Å²) in [4.78, 5) is 30.5. The van der Waals surface area contributed by atoms with E-state index in [0.717, 1.165) is 29.9 Å². The topological polar surface area (TPSA) is 92.1 Å². The Bertz CT molecular complexity index is 855. The van der Waals surface area contributed by atoms with Crippen LogP contribution in [0.3, 0.4) is 0 Å². The van der Waals surface area contributed by atoms with Crippen LogP contribution >= 0.6 is 0 Å². The van der Waals surface area contributed by atoms with Crippen molar-refractivity contribution in [3.8, 4) is 0 Å². The summed E-state index contributed by atoms with van der Waals surface area (Å²) in [5, 5.41) is 10.4. The molecule has 2 aromatic heterocycles. The molecule has 1 fully saturated rings. The van der Waals surface area contributed by atoms with E-state index in [0.29, 0.717) is 24.1 Å². The fourth-order valence-corrected chi connectivity index (χ4v) is 2.96. The molecule has 8 heteroatoms. The molecule has 2 N–H and O–H groups in total. The summed E-state index contributed by atoms with van der Waals surface area (Å²) in [6.45, 7) is 2.41. The van der Waals surface area contributed by atoms with Crippen LogP contribution in [0.5, 0.6) is 0 Å². The van der Waals surface area contributed by atoms with Gasteiger partial charge in [-0.05, 0) is 25.8 Å². The first kappa shape index (κ1) is 15.6. The zero-order valence-electron chi connectivity index (χ0n) is 14.2. The summed E-state index contributed by atoms with van der Waals surface area (Å²) < 4.78 is 1.72. The highest BCUT2D eigenvalue weighted by molar-refractivity contribution is 5.99. The Balaban J connectivity index is 1.47. The first-order valence-corrected chi connectivity index (χ1v) is 8.36. The fourth-order valence-electron chi connectivity index (χ4n) is 2.96. The van der Waals surface area contributed by atoms with Gasteiger partial charge in [-0.3, -0.25) is 14.3 Å². The number of anilines is 2. The Morgan fingerprint density at radius 3 is 2.84 bits per heavy atom. The first-order chi connectivity index (χ1) is 12.0. The SMILES string of the molecule is Cc1cc(Nc2ccc3c(n2)C(=O)N(CC(=O)NC2CC2)C3)n(C)n1. The van der Waals surface area contributed by atoms with Gasteiger partial charge >= 0.3 is 0 Å². The second-order valence-corrected chi connectivity index (χ2v) is 6.63. The van der Waals surface area contributed by atoms with E-state index >= 15 is 0 Å². The van der Waals surface area contributed by atoms with Gasteiger partial charge in [0.15, 0.2) is 0 Å². The third-order valence-corrected chi connectivity index (χ3v) is 4.36. The van der Waals surface area contributed by atoms with Gasteiger partial charge in [-0.2, -0.15) is 5.10 Å². The van der Waals surface area contributed by atoms with Crippen molar-refractivity contribution in [2.45, 2.75) is 32.4 Å². The van der Waals surface area contributed by atoms with Gasteiger partial charge in [0.2, 0.25) is 5.91 Å². The van der Waals surface area contributed by atoms with E-state index < -0.39 is 0 Å². The number of carbonyl (C=O) groups excluding carboxylic acids is 2. The van der Waals surface area contributed by atoms with Crippen molar-refractivity contribution >= 4 is 23.5 Å². The van der Waals surface area contributed by atoms with Crippen molar-refractivity contribution < 1.29 is 9.59 Å². The van der Waals surface area contributed by atoms with Crippen LogP contribution in [0, 0.1) is 6.92 Å². The van der Waals surface area contributed by atoms with Crippen molar-refractivity contribution in [3.05, 3.63) is 35.2 Å². The molecule has 0 bridgehead atoms. The zero-order valence-corrected chi connectivity index (χ0v) is 14.2. The highest BCUT2D eigenvalue weighted by Crippen LogP contribution is 2.24. The third-order valence-electron chi connectivity index (χ3n) is 4.36. The number of aromatic nitrogens is 3. The average Bonchev–Trinajstić information content (AvgIpc) is 3.24. The van der Waals surface area contributed by atoms with Gasteiger partial charge < -0.3 is 15.5 Å². The van der Waals surface area contributed by atoms with Crippen molar-refractivity contribution in [2.24, 2.45) is 7.05 Å². The summed E-state index contributed by atoms with van der Waals surface area (Å²) in [5.74, 6) is 1.08. The normalized spacial score (nSPS) is 16.1. The number of pyridine rings is 1. The number of fused-ring (bicyclic) bond motifs is 1. The van der Waals surface area contributed by atoms with Crippen molar-refractivity contribution in [2.75, 3.05) is 11.9 Å². The van der Waals surface area contributed by atoms with Crippen LogP contribution in [0.15, 0.2) is 18.2 Å². The van der Waals surface area contributed by atoms with Gasteiger partial charge in [0.1, 0.15) is 23.9 Å². The molecule has 0 aromatic carbocycles. The molecule has 2 aromatic rings. The fraction of sp³-hybridized carbons (Fsp3) is 0.412. The molecule has 0 radical (unpaired) electrons. The van der Waals surface area contributed by atoms with Gasteiger partial charge in [-0.1, -0.05) is 6.07 Å². The van der Waals surface area contributed by atoms with Crippen LogP contribution in [0.4, 0.5) is 11.6 Å². The minimum absolute atomic E-state index is 0.0788. The molecule has 0 saturated heterocycles. The van der Waals surface area contributed by atoms with Crippen LogP contribution in [0.25, 0.3) is 0 Å². The summed E-state index contributed by atoms with van der Waals surface area (Å²) >= 11 is 0. The van der Waals surface area contributed by atoms with E-state index in [1.54, 1.807) is 4.68 Å². The van der Waals surface area contributed by atoms with Crippen LogP contribution in [-0.2, 0) is 18.4 Å². The second kappa shape index (κ2) is 5.87. The third kappa shape index (κ3) is 3.19. The molecule has 0 atom stereocenters. The van der Waals surface area contributed by atoms with Crippen LogP contribution < -0.4 is 10.6 Å². The molecule has 130 valence electrons.